The number of aliphatic hydroxyl groups excluding tert-OH is 1. The van der Waals surface area contributed by atoms with Crippen LogP contribution >= 0.6 is 0 Å². The van der Waals surface area contributed by atoms with E-state index in [9.17, 15) is 4.79 Å². The smallest absolute Gasteiger partial charge is 0.251 e. The lowest BCUT2D eigenvalue weighted by atomic mass is 10.1. The second-order valence-electron chi connectivity index (χ2n) is 4.25. The maximum atomic E-state index is 12.0. The first-order valence-corrected chi connectivity index (χ1v) is 6.59. The number of amides is 1. The maximum absolute atomic E-state index is 12.0. The number of aryl methyl sites for hydroxylation is 1. The van der Waals surface area contributed by atoms with Crippen molar-refractivity contribution in [2.75, 3.05) is 6.61 Å². The zero-order chi connectivity index (χ0) is 15.1. The number of aromatic nitrogens is 3. The molecule has 1 aromatic carbocycles. The van der Waals surface area contributed by atoms with Crippen molar-refractivity contribution in [3.63, 3.8) is 0 Å². The molecular formula is C15H16N4O2. The van der Waals surface area contributed by atoms with Crippen LogP contribution in [-0.4, -0.2) is 32.4 Å². The molecule has 6 nitrogen and oxygen atoms in total. The van der Waals surface area contributed by atoms with Crippen LogP contribution in [0, 0.1) is 11.8 Å². The van der Waals surface area contributed by atoms with E-state index in [-0.39, 0.29) is 12.5 Å². The molecule has 0 aliphatic rings. The Labute approximate surface area is 122 Å². The Morgan fingerprint density at radius 2 is 2.14 bits per heavy atom. The molecule has 2 N–H and O–H groups in total. The molecule has 0 aliphatic carbocycles. The van der Waals surface area contributed by atoms with Crippen LogP contribution in [0.3, 0.4) is 0 Å². The Kier molecular flexibility index (Phi) is 5.07. The van der Waals surface area contributed by atoms with E-state index in [1.54, 1.807) is 30.6 Å². The monoisotopic (exact) mass is 284 g/mol. The van der Waals surface area contributed by atoms with Crippen LogP contribution in [0.2, 0.25) is 0 Å². The summed E-state index contributed by atoms with van der Waals surface area (Å²) in [6.07, 6.45) is 1.64. The van der Waals surface area contributed by atoms with Crippen molar-refractivity contribution in [3.05, 3.63) is 47.5 Å². The third-order valence-corrected chi connectivity index (χ3v) is 2.90. The lowest BCUT2D eigenvalue weighted by Gasteiger charge is -2.06. The molecule has 21 heavy (non-hydrogen) atoms. The molecule has 1 aromatic heterocycles. The summed E-state index contributed by atoms with van der Waals surface area (Å²) in [5.74, 6) is 5.87. The van der Waals surface area contributed by atoms with Gasteiger partial charge in [-0.3, -0.25) is 4.79 Å². The van der Waals surface area contributed by atoms with Crippen molar-refractivity contribution < 1.29 is 9.90 Å². The largest absolute Gasteiger partial charge is 0.384 e. The fourth-order valence-electron chi connectivity index (χ4n) is 1.79. The molecule has 2 aromatic rings. The van der Waals surface area contributed by atoms with Gasteiger partial charge < -0.3 is 15.0 Å². The van der Waals surface area contributed by atoms with E-state index in [1.165, 1.54) is 0 Å². The summed E-state index contributed by atoms with van der Waals surface area (Å²) in [5, 5.41) is 19.2. The fraction of sp³-hybridized carbons (Fsp3) is 0.267. The van der Waals surface area contributed by atoms with Gasteiger partial charge in [0, 0.05) is 17.7 Å². The highest BCUT2D eigenvalue weighted by atomic mass is 16.2. The molecule has 0 saturated carbocycles. The van der Waals surface area contributed by atoms with Crippen LogP contribution in [0.25, 0.3) is 0 Å². The Morgan fingerprint density at radius 3 is 2.81 bits per heavy atom. The summed E-state index contributed by atoms with van der Waals surface area (Å²) in [4.78, 5) is 12.0. The van der Waals surface area contributed by atoms with Gasteiger partial charge in [-0.15, -0.1) is 10.2 Å². The molecule has 0 spiro atoms. The molecule has 0 fully saturated rings. The van der Waals surface area contributed by atoms with Gasteiger partial charge >= 0.3 is 0 Å². The Balaban J connectivity index is 1.97. The molecule has 0 unspecified atom stereocenters. The van der Waals surface area contributed by atoms with Gasteiger partial charge in [-0.25, -0.2) is 0 Å². The first-order valence-electron chi connectivity index (χ1n) is 6.59. The second kappa shape index (κ2) is 7.22. The highest BCUT2D eigenvalue weighted by Crippen LogP contribution is 2.04. The van der Waals surface area contributed by atoms with Crippen LogP contribution in [0.5, 0.6) is 0 Å². The first-order chi connectivity index (χ1) is 10.2. The highest BCUT2D eigenvalue weighted by molar-refractivity contribution is 5.94. The lowest BCUT2D eigenvalue weighted by Crippen LogP contribution is -2.24. The van der Waals surface area contributed by atoms with Gasteiger partial charge in [-0.05, 0) is 31.2 Å². The average molecular weight is 284 g/mol. The van der Waals surface area contributed by atoms with Crippen molar-refractivity contribution in [3.8, 4) is 11.8 Å². The fourth-order valence-corrected chi connectivity index (χ4v) is 1.79. The zero-order valence-corrected chi connectivity index (χ0v) is 11.7. The second-order valence-corrected chi connectivity index (χ2v) is 4.25. The first kappa shape index (κ1) is 14.8. The number of hydrogen-bond donors (Lipinski definition) is 2. The molecule has 0 aliphatic heterocycles. The third kappa shape index (κ3) is 3.91. The number of carbonyl (C=O) groups is 1. The minimum absolute atomic E-state index is 0.178. The summed E-state index contributed by atoms with van der Waals surface area (Å²) in [6, 6.07) is 6.88. The van der Waals surface area contributed by atoms with Gasteiger partial charge in [0.15, 0.2) is 5.82 Å². The molecule has 0 radical (unpaired) electrons. The van der Waals surface area contributed by atoms with Crippen molar-refractivity contribution in [1.82, 2.24) is 20.1 Å². The van der Waals surface area contributed by atoms with Gasteiger partial charge in [0.25, 0.3) is 5.91 Å². The van der Waals surface area contributed by atoms with E-state index in [4.69, 9.17) is 5.11 Å². The minimum atomic E-state index is -0.180. The molecule has 2 rings (SSSR count). The summed E-state index contributed by atoms with van der Waals surface area (Å²) in [7, 11) is 0. The van der Waals surface area contributed by atoms with E-state index >= 15 is 0 Å². The summed E-state index contributed by atoms with van der Waals surface area (Å²) < 4.78 is 1.87. The predicted molar refractivity (Wildman–Crippen MR) is 77.3 cm³/mol. The summed E-state index contributed by atoms with van der Waals surface area (Å²) in [5.41, 5.74) is 1.30. The van der Waals surface area contributed by atoms with Crippen molar-refractivity contribution in [1.29, 1.82) is 0 Å². The van der Waals surface area contributed by atoms with Crippen LogP contribution < -0.4 is 5.32 Å². The van der Waals surface area contributed by atoms with E-state index in [0.29, 0.717) is 12.1 Å². The third-order valence-electron chi connectivity index (χ3n) is 2.90. The number of hydrogen-bond acceptors (Lipinski definition) is 4. The van der Waals surface area contributed by atoms with Gasteiger partial charge in [0.2, 0.25) is 0 Å². The molecule has 0 bridgehead atoms. The van der Waals surface area contributed by atoms with Crippen LogP contribution in [-0.2, 0) is 13.1 Å². The van der Waals surface area contributed by atoms with Gasteiger partial charge in [0.1, 0.15) is 12.9 Å². The molecule has 0 atom stereocenters. The number of benzene rings is 1. The van der Waals surface area contributed by atoms with Gasteiger partial charge in [0.05, 0.1) is 6.54 Å². The van der Waals surface area contributed by atoms with Crippen LogP contribution in [0.4, 0.5) is 0 Å². The quantitative estimate of drug-likeness (QED) is 0.805. The number of aliphatic hydroxyl groups is 1. The molecule has 0 saturated heterocycles. The summed E-state index contributed by atoms with van der Waals surface area (Å²) in [6.45, 7) is 2.90. The van der Waals surface area contributed by atoms with E-state index in [2.05, 4.69) is 27.4 Å². The molecule has 1 heterocycles. The predicted octanol–water partition coefficient (Wildman–Crippen LogP) is 0.572. The Morgan fingerprint density at radius 1 is 1.38 bits per heavy atom. The van der Waals surface area contributed by atoms with Crippen LogP contribution in [0.1, 0.15) is 28.7 Å². The molecular weight excluding hydrogens is 268 g/mol. The van der Waals surface area contributed by atoms with Crippen molar-refractivity contribution in [2.45, 2.75) is 20.0 Å². The van der Waals surface area contributed by atoms with Crippen molar-refractivity contribution in [2.24, 2.45) is 0 Å². The lowest BCUT2D eigenvalue weighted by molar-refractivity contribution is 0.0949. The highest BCUT2D eigenvalue weighted by Gasteiger charge is 2.07. The topological polar surface area (TPSA) is 80.0 Å². The molecule has 1 amide bonds. The standard InChI is InChI=1S/C15H16N4O2/c1-2-19-11-17-18-14(19)10-16-15(21)13-7-5-12(6-8-13)4-3-9-20/h5-8,11,20H,2,9-10H2,1H3,(H,16,21). The van der Waals surface area contributed by atoms with Gasteiger partial charge in [-0.2, -0.15) is 0 Å². The van der Waals surface area contributed by atoms with E-state index < -0.39 is 0 Å². The average Bonchev–Trinajstić information content (AvgIpc) is 2.98. The SMILES string of the molecule is CCn1cnnc1CNC(=O)c1ccc(C#CCO)cc1. The Hall–Kier alpha value is -2.65. The zero-order valence-electron chi connectivity index (χ0n) is 11.7. The summed E-state index contributed by atoms with van der Waals surface area (Å²) >= 11 is 0. The molecule has 6 heteroatoms. The Bertz CT molecular complexity index is 665. The van der Waals surface area contributed by atoms with E-state index in [1.807, 2.05) is 11.5 Å². The number of rotatable bonds is 4. The normalized spacial score (nSPS) is 9.81. The van der Waals surface area contributed by atoms with Crippen molar-refractivity contribution >= 4 is 5.91 Å². The minimum Gasteiger partial charge on any atom is -0.384 e. The van der Waals surface area contributed by atoms with E-state index in [0.717, 1.165) is 17.9 Å². The van der Waals surface area contributed by atoms with Crippen LogP contribution in [0.15, 0.2) is 30.6 Å². The molecule has 108 valence electrons. The number of nitrogens with zero attached hydrogens (tertiary/aromatic N) is 3. The van der Waals surface area contributed by atoms with Gasteiger partial charge in [-0.1, -0.05) is 11.8 Å². The number of nitrogens with one attached hydrogen (secondary N) is 1. The number of carbonyl (C=O) groups excluding carboxylic acids is 1. The maximum Gasteiger partial charge on any atom is 0.251 e.